The number of rotatable bonds is 6. The van der Waals surface area contributed by atoms with Crippen LogP contribution in [0.25, 0.3) is 0 Å². The van der Waals surface area contributed by atoms with E-state index in [1.807, 2.05) is 0 Å². The van der Waals surface area contributed by atoms with Crippen LogP contribution in [0.15, 0.2) is 4.99 Å². The number of hydrogen-bond donors (Lipinski definition) is 1. The molecule has 25 heavy (non-hydrogen) atoms. The highest BCUT2D eigenvalue weighted by molar-refractivity contribution is 14.0. The lowest BCUT2D eigenvalue weighted by Gasteiger charge is -2.37. The van der Waals surface area contributed by atoms with Crippen molar-refractivity contribution in [2.45, 2.75) is 72.0 Å². The molecular formula is C19H38IN3O2. The van der Waals surface area contributed by atoms with Crippen LogP contribution in [0.2, 0.25) is 0 Å². The Hall–Kier alpha value is -0.0800. The van der Waals surface area contributed by atoms with Gasteiger partial charge in [-0.1, -0.05) is 27.2 Å². The lowest BCUT2D eigenvalue weighted by molar-refractivity contribution is -0.0817. The fourth-order valence-corrected chi connectivity index (χ4v) is 3.37. The van der Waals surface area contributed by atoms with E-state index in [1.165, 1.54) is 12.8 Å². The molecule has 2 heterocycles. The van der Waals surface area contributed by atoms with Crippen molar-refractivity contribution in [1.82, 2.24) is 10.2 Å². The van der Waals surface area contributed by atoms with Gasteiger partial charge in [0.2, 0.25) is 0 Å². The molecule has 148 valence electrons. The second-order valence-corrected chi connectivity index (χ2v) is 8.16. The highest BCUT2D eigenvalue weighted by atomic mass is 127. The van der Waals surface area contributed by atoms with Crippen molar-refractivity contribution in [2.75, 3.05) is 39.4 Å². The molecule has 2 atom stereocenters. The Morgan fingerprint density at radius 1 is 1.16 bits per heavy atom. The van der Waals surface area contributed by atoms with E-state index in [0.29, 0.717) is 5.41 Å². The number of halogens is 1. The van der Waals surface area contributed by atoms with Crippen LogP contribution in [0.1, 0.15) is 59.8 Å². The van der Waals surface area contributed by atoms with Crippen molar-refractivity contribution in [2.24, 2.45) is 10.4 Å². The molecule has 2 rings (SSSR count). The van der Waals surface area contributed by atoms with Crippen LogP contribution >= 0.6 is 24.0 Å². The Kier molecular flexibility index (Phi) is 10.6. The van der Waals surface area contributed by atoms with Crippen molar-refractivity contribution in [1.29, 1.82) is 0 Å². The van der Waals surface area contributed by atoms with Crippen molar-refractivity contribution in [3.8, 4) is 0 Å². The Morgan fingerprint density at radius 2 is 1.92 bits per heavy atom. The molecule has 0 amide bonds. The molecule has 0 bridgehead atoms. The van der Waals surface area contributed by atoms with Gasteiger partial charge in [-0.2, -0.15) is 0 Å². The van der Waals surface area contributed by atoms with Crippen molar-refractivity contribution in [3.63, 3.8) is 0 Å². The lowest BCUT2D eigenvalue weighted by Crippen LogP contribution is -2.53. The first-order valence-electron chi connectivity index (χ1n) is 9.76. The molecule has 5 nitrogen and oxygen atoms in total. The zero-order valence-electron chi connectivity index (χ0n) is 16.6. The molecule has 0 radical (unpaired) electrons. The Labute approximate surface area is 171 Å². The minimum absolute atomic E-state index is 0. The van der Waals surface area contributed by atoms with Gasteiger partial charge in [0.05, 0.1) is 12.7 Å². The van der Waals surface area contributed by atoms with Crippen LogP contribution in [-0.2, 0) is 9.47 Å². The second kappa shape index (κ2) is 11.6. The Bertz CT molecular complexity index is 393. The van der Waals surface area contributed by atoms with Gasteiger partial charge in [0, 0.05) is 32.8 Å². The number of unbranched alkanes of at least 4 members (excludes halogenated alkanes) is 1. The van der Waals surface area contributed by atoms with Crippen LogP contribution in [-0.4, -0.2) is 62.5 Å². The van der Waals surface area contributed by atoms with Gasteiger partial charge in [0.1, 0.15) is 6.10 Å². The summed E-state index contributed by atoms with van der Waals surface area (Å²) < 4.78 is 11.8. The van der Waals surface area contributed by atoms with Crippen LogP contribution < -0.4 is 5.32 Å². The van der Waals surface area contributed by atoms with Crippen molar-refractivity contribution < 1.29 is 9.47 Å². The van der Waals surface area contributed by atoms with Crippen LogP contribution in [0, 0.1) is 5.41 Å². The minimum Gasteiger partial charge on any atom is -0.375 e. The summed E-state index contributed by atoms with van der Waals surface area (Å²) in [4.78, 5) is 7.20. The zero-order valence-corrected chi connectivity index (χ0v) is 18.9. The smallest absolute Gasteiger partial charge is 0.194 e. The van der Waals surface area contributed by atoms with E-state index < -0.39 is 0 Å². The number of aliphatic imine (C=N–C) groups is 1. The molecule has 2 fully saturated rings. The Balaban J connectivity index is 0.00000312. The summed E-state index contributed by atoms with van der Waals surface area (Å²) in [6, 6.07) is 0. The molecule has 0 aromatic heterocycles. The molecule has 0 spiro atoms. The average molecular weight is 467 g/mol. The summed E-state index contributed by atoms with van der Waals surface area (Å²) in [5, 5.41) is 3.45. The third-order valence-electron chi connectivity index (χ3n) is 4.70. The largest absolute Gasteiger partial charge is 0.375 e. The molecule has 2 saturated heterocycles. The number of nitrogens with zero attached hydrogens (tertiary/aromatic N) is 2. The molecule has 0 aromatic rings. The summed E-state index contributed by atoms with van der Waals surface area (Å²) in [6.45, 7) is 14.3. The SMILES string of the molecule is CCNC(=NCCCCC(C)(C)C)N1CCOC(C2CCCO2)C1.I. The highest BCUT2D eigenvalue weighted by Gasteiger charge is 2.32. The highest BCUT2D eigenvalue weighted by Crippen LogP contribution is 2.22. The van der Waals surface area contributed by atoms with Gasteiger partial charge in [0.25, 0.3) is 0 Å². The quantitative estimate of drug-likeness (QED) is 0.280. The van der Waals surface area contributed by atoms with Crippen LogP contribution in [0.3, 0.4) is 0 Å². The molecule has 1 N–H and O–H groups in total. The first-order valence-corrected chi connectivity index (χ1v) is 9.76. The van der Waals surface area contributed by atoms with Gasteiger partial charge in [0.15, 0.2) is 5.96 Å². The molecule has 0 aliphatic carbocycles. The van der Waals surface area contributed by atoms with Gasteiger partial charge in [-0.25, -0.2) is 0 Å². The third-order valence-corrected chi connectivity index (χ3v) is 4.70. The topological polar surface area (TPSA) is 46.1 Å². The average Bonchev–Trinajstić information content (AvgIpc) is 3.07. The van der Waals surface area contributed by atoms with E-state index in [-0.39, 0.29) is 36.2 Å². The summed E-state index contributed by atoms with van der Waals surface area (Å²) in [5.41, 5.74) is 0.424. The van der Waals surface area contributed by atoms with Gasteiger partial charge in [-0.3, -0.25) is 4.99 Å². The number of morpholine rings is 1. The summed E-state index contributed by atoms with van der Waals surface area (Å²) in [7, 11) is 0. The van der Waals surface area contributed by atoms with Crippen molar-refractivity contribution in [3.05, 3.63) is 0 Å². The van der Waals surface area contributed by atoms with E-state index in [2.05, 4.69) is 37.9 Å². The molecular weight excluding hydrogens is 429 g/mol. The number of ether oxygens (including phenoxy) is 2. The van der Waals surface area contributed by atoms with E-state index in [4.69, 9.17) is 14.5 Å². The van der Waals surface area contributed by atoms with Crippen LogP contribution in [0.4, 0.5) is 0 Å². The van der Waals surface area contributed by atoms with E-state index in [0.717, 1.165) is 64.6 Å². The summed E-state index contributed by atoms with van der Waals surface area (Å²) in [6.07, 6.45) is 6.40. The standard InChI is InChI=1S/C19H37N3O2.HI/c1-5-20-18(21-11-7-6-10-19(2,3)4)22-12-14-24-17(15-22)16-9-8-13-23-16;/h16-17H,5-15H2,1-4H3,(H,20,21);1H. The number of guanidine groups is 1. The summed E-state index contributed by atoms with van der Waals surface area (Å²) >= 11 is 0. The molecule has 6 heteroatoms. The first kappa shape index (κ1) is 23.0. The van der Waals surface area contributed by atoms with Crippen LogP contribution in [0.5, 0.6) is 0 Å². The minimum atomic E-state index is 0. The first-order chi connectivity index (χ1) is 11.5. The molecule has 0 saturated carbocycles. The number of nitrogens with one attached hydrogen (secondary N) is 1. The maximum Gasteiger partial charge on any atom is 0.194 e. The van der Waals surface area contributed by atoms with Gasteiger partial charge >= 0.3 is 0 Å². The van der Waals surface area contributed by atoms with E-state index in [1.54, 1.807) is 0 Å². The monoisotopic (exact) mass is 467 g/mol. The number of hydrogen-bond acceptors (Lipinski definition) is 3. The second-order valence-electron chi connectivity index (χ2n) is 8.16. The fourth-order valence-electron chi connectivity index (χ4n) is 3.37. The third kappa shape index (κ3) is 8.43. The van der Waals surface area contributed by atoms with Gasteiger partial charge in [-0.05, 0) is 38.0 Å². The summed E-state index contributed by atoms with van der Waals surface area (Å²) in [5.74, 6) is 1.04. The predicted molar refractivity (Wildman–Crippen MR) is 115 cm³/mol. The normalized spacial score (nSPS) is 25.0. The lowest BCUT2D eigenvalue weighted by atomic mass is 9.90. The molecule has 2 aliphatic heterocycles. The molecule has 2 aliphatic rings. The predicted octanol–water partition coefficient (Wildman–Crippen LogP) is 3.67. The molecule has 2 unspecified atom stereocenters. The fraction of sp³-hybridized carbons (Fsp3) is 0.947. The Morgan fingerprint density at radius 3 is 2.56 bits per heavy atom. The van der Waals surface area contributed by atoms with E-state index >= 15 is 0 Å². The van der Waals surface area contributed by atoms with E-state index in [9.17, 15) is 0 Å². The maximum atomic E-state index is 5.95. The van der Waals surface area contributed by atoms with Crippen molar-refractivity contribution >= 4 is 29.9 Å². The van der Waals surface area contributed by atoms with Gasteiger partial charge < -0.3 is 19.7 Å². The molecule has 0 aromatic carbocycles. The maximum absolute atomic E-state index is 5.95. The zero-order chi connectivity index (χ0) is 17.4. The van der Waals surface area contributed by atoms with Gasteiger partial charge in [-0.15, -0.1) is 24.0 Å².